The van der Waals surface area contributed by atoms with Crippen LogP contribution in [0.5, 0.6) is 0 Å². The zero-order valence-electron chi connectivity index (χ0n) is 21.3. The molecule has 0 amide bonds. The van der Waals surface area contributed by atoms with Crippen molar-refractivity contribution in [1.29, 1.82) is 0 Å². The van der Waals surface area contributed by atoms with E-state index in [1.807, 2.05) is 13.8 Å². The molecule has 33 heavy (non-hydrogen) atoms. The van der Waals surface area contributed by atoms with Gasteiger partial charge < -0.3 is 25.2 Å². The molecule has 0 spiro atoms. The first-order chi connectivity index (χ1) is 15.5. The van der Waals surface area contributed by atoms with E-state index >= 15 is 0 Å². The standard InChI is InChI=1S/C28H48O5/c1-19(7-5-13-27(2,3)32)22-11-12-23-21(8-6-14-28(22,23)4)10-9-20-17-24(30)26(25(31)18-20)33-16-15-29/h9-10,19,22-26,29-32H,5-8,11-18H2,1-4H3/b20-9?,21-10+/t19-,22-,23+,24-,25-,26?,28-/m1/s1. The Morgan fingerprint density at radius 3 is 2.48 bits per heavy atom. The summed E-state index contributed by atoms with van der Waals surface area (Å²) in [6, 6.07) is 0. The molecule has 3 aliphatic carbocycles. The molecule has 5 heteroatoms. The van der Waals surface area contributed by atoms with Gasteiger partial charge in [0.1, 0.15) is 6.10 Å². The van der Waals surface area contributed by atoms with E-state index in [1.54, 1.807) is 5.57 Å². The Morgan fingerprint density at radius 1 is 1.15 bits per heavy atom. The molecule has 4 N–H and O–H groups in total. The number of allylic oxidation sites excluding steroid dienone is 3. The zero-order valence-corrected chi connectivity index (χ0v) is 21.3. The topological polar surface area (TPSA) is 90.2 Å². The van der Waals surface area contributed by atoms with Gasteiger partial charge in [0.25, 0.3) is 0 Å². The highest BCUT2D eigenvalue weighted by Crippen LogP contribution is 2.60. The highest BCUT2D eigenvalue weighted by Gasteiger charge is 2.50. The molecule has 0 unspecified atom stereocenters. The first kappa shape index (κ1) is 26.9. The molecule has 0 aromatic rings. The van der Waals surface area contributed by atoms with Gasteiger partial charge in [0.15, 0.2) is 0 Å². The fourth-order valence-corrected chi connectivity index (χ4v) is 7.15. The van der Waals surface area contributed by atoms with Crippen LogP contribution in [0.25, 0.3) is 0 Å². The van der Waals surface area contributed by atoms with E-state index in [-0.39, 0.29) is 13.2 Å². The highest BCUT2D eigenvalue weighted by atomic mass is 16.5. The first-order valence-corrected chi connectivity index (χ1v) is 13.2. The second kappa shape index (κ2) is 11.3. The van der Waals surface area contributed by atoms with Gasteiger partial charge in [-0.3, -0.25) is 0 Å². The van der Waals surface area contributed by atoms with Crippen molar-refractivity contribution in [3.63, 3.8) is 0 Å². The molecule has 0 heterocycles. The lowest BCUT2D eigenvalue weighted by Crippen LogP contribution is -2.44. The van der Waals surface area contributed by atoms with Gasteiger partial charge >= 0.3 is 0 Å². The Labute approximate surface area is 200 Å². The molecule has 6 atom stereocenters. The minimum atomic E-state index is -0.734. The third kappa shape index (κ3) is 6.70. The molecule has 0 aromatic heterocycles. The second-order valence-corrected chi connectivity index (χ2v) is 11.9. The molecule has 190 valence electrons. The number of aliphatic hydroxyl groups excluding tert-OH is 3. The zero-order chi connectivity index (χ0) is 24.2. The summed E-state index contributed by atoms with van der Waals surface area (Å²) in [5.74, 6) is 2.05. The number of fused-ring (bicyclic) bond motifs is 1. The van der Waals surface area contributed by atoms with E-state index in [9.17, 15) is 15.3 Å². The van der Waals surface area contributed by atoms with Crippen molar-refractivity contribution in [3.05, 3.63) is 23.3 Å². The van der Waals surface area contributed by atoms with Crippen molar-refractivity contribution in [3.8, 4) is 0 Å². The number of rotatable bonds is 9. The van der Waals surface area contributed by atoms with E-state index in [0.717, 1.165) is 30.8 Å². The van der Waals surface area contributed by atoms with Crippen molar-refractivity contribution in [2.24, 2.45) is 23.2 Å². The second-order valence-electron chi connectivity index (χ2n) is 11.9. The molecule has 0 aliphatic heterocycles. The largest absolute Gasteiger partial charge is 0.394 e. The molecule has 5 nitrogen and oxygen atoms in total. The molecular formula is C28H48O5. The van der Waals surface area contributed by atoms with Crippen LogP contribution in [-0.2, 0) is 4.74 Å². The van der Waals surface area contributed by atoms with Gasteiger partial charge in [0, 0.05) is 0 Å². The van der Waals surface area contributed by atoms with E-state index < -0.39 is 23.9 Å². The Kier molecular flexibility index (Phi) is 9.24. The van der Waals surface area contributed by atoms with E-state index in [1.165, 1.54) is 32.1 Å². The summed E-state index contributed by atoms with van der Waals surface area (Å²) in [4.78, 5) is 0. The summed E-state index contributed by atoms with van der Waals surface area (Å²) in [5.41, 5.74) is 2.41. The number of hydrogen-bond acceptors (Lipinski definition) is 5. The minimum absolute atomic E-state index is 0.107. The van der Waals surface area contributed by atoms with Crippen molar-refractivity contribution < 1.29 is 25.2 Å². The van der Waals surface area contributed by atoms with Crippen molar-refractivity contribution in [2.75, 3.05) is 13.2 Å². The van der Waals surface area contributed by atoms with Gasteiger partial charge in [-0.15, -0.1) is 0 Å². The normalized spacial score (nSPS) is 37.3. The van der Waals surface area contributed by atoms with Crippen molar-refractivity contribution in [2.45, 2.75) is 116 Å². The quantitative estimate of drug-likeness (QED) is 0.403. The Morgan fingerprint density at radius 2 is 1.85 bits per heavy atom. The Bertz CT molecular complexity index is 679. The first-order valence-electron chi connectivity index (χ1n) is 13.2. The molecule has 3 saturated carbocycles. The average Bonchev–Trinajstić information content (AvgIpc) is 3.08. The van der Waals surface area contributed by atoms with Gasteiger partial charge in [-0.1, -0.05) is 50.0 Å². The third-order valence-electron chi connectivity index (χ3n) is 8.81. The molecule has 0 bridgehead atoms. The smallest absolute Gasteiger partial charge is 0.110 e. The number of aliphatic hydroxyl groups is 4. The average molecular weight is 465 g/mol. The summed E-state index contributed by atoms with van der Waals surface area (Å²) in [7, 11) is 0. The van der Waals surface area contributed by atoms with Gasteiger partial charge in [0.2, 0.25) is 0 Å². The maximum atomic E-state index is 10.4. The minimum Gasteiger partial charge on any atom is -0.394 e. The molecule has 3 aliphatic rings. The summed E-state index contributed by atoms with van der Waals surface area (Å²) in [6.07, 6.45) is 12.8. The van der Waals surface area contributed by atoms with E-state index in [2.05, 4.69) is 26.0 Å². The lowest BCUT2D eigenvalue weighted by Gasteiger charge is -2.44. The summed E-state index contributed by atoms with van der Waals surface area (Å²) >= 11 is 0. The van der Waals surface area contributed by atoms with Gasteiger partial charge in [0.05, 0.1) is 31.0 Å². The summed E-state index contributed by atoms with van der Waals surface area (Å²) in [5, 5.41) is 39.9. The number of hydrogen-bond donors (Lipinski definition) is 4. The predicted molar refractivity (Wildman–Crippen MR) is 132 cm³/mol. The molecule has 0 radical (unpaired) electrons. The van der Waals surface area contributed by atoms with E-state index in [0.29, 0.717) is 30.1 Å². The molecule has 0 saturated heterocycles. The Balaban J connectivity index is 1.64. The van der Waals surface area contributed by atoms with Gasteiger partial charge in [-0.05, 0) is 88.4 Å². The SMILES string of the molecule is C[C@H](CCCC(C)(C)O)[C@H]1CC[C@H]2/C(=C/C=C3C[C@@H](O)C(OCCO)[C@H](O)C3)CCC[C@]12C. The monoisotopic (exact) mass is 464 g/mol. The fourth-order valence-electron chi connectivity index (χ4n) is 7.15. The van der Waals surface area contributed by atoms with Crippen LogP contribution in [0, 0.1) is 23.2 Å². The number of ether oxygens (including phenoxy) is 1. The Hall–Kier alpha value is -0.720. The predicted octanol–water partition coefficient (Wildman–Crippen LogP) is 4.53. The van der Waals surface area contributed by atoms with Crippen LogP contribution in [0.4, 0.5) is 0 Å². The molecule has 0 aromatic carbocycles. The highest BCUT2D eigenvalue weighted by molar-refractivity contribution is 5.26. The lowest BCUT2D eigenvalue weighted by molar-refractivity contribution is -0.115. The van der Waals surface area contributed by atoms with Crippen LogP contribution >= 0.6 is 0 Å². The van der Waals surface area contributed by atoms with E-state index in [4.69, 9.17) is 9.84 Å². The molecule has 3 fully saturated rings. The maximum absolute atomic E-state index is 10.4. The van der Waals surface area contributed by atoms with Crippen LogP contribution in [0.3, 0.4) is 0 Å². The maximum Gasteiger partial charge on any atom is 0.110 e. The molecular weight excluding hydrogens is 416 g/mol. The summed E-state index contributed by atoms with van der Waals surface area (Å²) < 4.78 is 5.44. The van der Waals surface area contributed by atoms with Crippen molar-refractivity contribution in [1.82, 2.24) is 0 Å². The van der Waals surface area contributed by atoms with Crippen LogP contribution < -0.4 is 0 Å². The van der Waals surface area contributed by atoms with Crippen LogP contribution in [-0.4, -0.2) is 57.6 Å². The fraction of sp³-hybridized carbons (Fsp3) is 0.857. The van der Waals surface area contributed by atoms with Crippen LogP contribution in [0.2, 0.25) is 0 Å². The lowest BCUT2D eigenvalue weighted by atomic mass is 9.60. The molecule has 3 rings (SSSR count). The van der Waals surface area contributed by atoms with Gasteiger partial charge in [-0.25, -0.2) is 0 Å². The van der Waals surface area contributed by atoms with Gasteiger partial charge in [-0.2, -0.15) is 0 Å². The third-order valence-corrected chi connectivity index (χ3v) is 8.81. The summed E-state index contributed by atoms with van der Waals surface area (Å²) in [6.45, 7) is 8.78. The van der Waals surface area contributed by atoms with Crippen LogP contribution in [0.15, 0.2) is 23.3 Å². The van der Waals surface area contributed by atoms with Crippen molar-refractivity contribution >= 4 is 0 Å². The van der Waals surface area contributed by atoms with Crippen LogP contribution in [0.1, 0.15) is 91.9 Å².